The maximum Gasteiger partial charge on any atom is 0.222 e. The molecule has 1 aromatic heterocycles. The molecule has 2 aliphatic rings. The predicted octanol–water partition coefficient (Wildman–Crippen LogP) is 2.21. The third kappa shape index (κ3) is 3.30. The second-order valence-electron chi connectivity index (χ2n) is 6.08. The van der Waals surface area contributed by atoms with E-state index in [9.17, 15) is 9.90 Å². The van der Waals surface area contributed by atoms with Crippen LogP contribution in [0.3, 0.4) is 0 Å². The number of nitrogens with zero attached hydrogens (tertiary/aromatic N) is 1. The van der Waals surface area contributed by atoms with Gasteiger partial charge in [-0.05, 0) is 54.5 Å². The molecule has 3 heterocycles. The fourth-order valence-corrected chi connectivity index (χ4v) is 4.07. The van der Waals surface area contributed by atoms with Gasteiger partial charge in [-0.2, -0.15) is 11.3 Å². The number of thiophene rings is 1. The van der Waals surface area contributed by atoms with Crippen molar-refractivity contribution < 1.29 is 14.6 Å². The van der Waals surface area contributed by atoms with Crippen molar-refractivity contribution in [3.05, 3.63) is 22.4 Å². The molecule has 4 nitrogen and oxygen atoms in total. The van der Waals surface area contributed by atoms with E-state index in [1.165, 1.54) is 5.56 Å². The van der Waals surface area contributed by atoms with Crippen LogP contribution in [0.4, 0.5) is 0 Å². The molecule has 1 atom stereocenters. The number of aliphatic hydroxyl groups excluding tert-OH is 1. The molecule has 116 valence electrons. The molecule has 2 fully saturated rings. The Kier molecular flexibility index (Phi) is 4.62. The summed E-state index contributed by atoms with van der Waals surface area (Å²) >= 11 is 1.67. The minimum atomic E-state index is -0.387. The number of hydrogen-bond donors (Lipinski definition) is 1. The van der Waals surface area contributed by atoms with Crippen molar-refractivity contribution in [1.82, 2.24) is 4.90 Å². The van der Waals surface area contributed by atoms with Gasteiger partial charge in [0.25, 0.3) is 0 Å². The van der Waals surface area contributed by atoms with Crippen molar-refractivity contribution in [3.8, 4) is 0 Å². The molecule has 3 rings (SSSR count). The monoisotopic (exact) mass is 309 g/mol. The molecule has 0 aromatic carbocycles. The topological polar surface area (TPSA) is 49.8 Å². The molecular weight excluding hydrogens is 286 g/mol. The number of aryl methyl sites for hydroxylation is 1. The van der Waals surface area contributed by atoms with E-state index in [0.717, 1.165) is 38.7 Å². The van der Waals surface area contributed by atoms with Crippen LogP contribution in [0.5, 0.6) is 0 Å². The van der Waals surface area contributed by atoms with Crippen LogP contribution in [0.1, 0.15) is 37.7 Å². The highest BCUT2D eigenvalue weighted by Gasteiger charge is 2.44. The highest BCUT2D eigenvalue weighted by Crippen LogP contribution is 2.35. The van der Waals surface area contributed by atoms with E-state index in [0.29, 0.717) is 19.5 Å². The number of rotatable bonds is 3. The molecule has 1 N–H and O–H groups in total. The first kappa shape index (κ1) is 15.0. The number of carbonyl (C=O) groups is 1. The summed E-state index contributed by atoms with van der Waals surface area (Å²) in [5.41, 5.74) is 0.857. The van der Waals surface area contributed by atoms with Crippen LogP contribution < -0.4 is 0 Å². The summed E-state index contributed by atoms with van der Waals surface area (Å²) in [6.45, 7) is 2.15. The van der Waals surface area contributed by atoms with Crippen LogP contribution in [0.2, 0.25) is 0 Å². The van der Waals surface area contributed by atoms with Gasteiger partial charge < -0.3 is 14.7 Å². The second kappa shape index (κ2) is 6.46. The van der Waals surface area contributed by atoms with Crippen molar-refractivity contribution in [2.24, 2.45) is 0 Å². The van der Waals surface area contributed by atoms with Crippen molar-refractivity contribution in [2.45, 2.75) is 50.2 Å². The summed E-state index contributed by atoms with van der Waals surface area (Å²) < 4.78 is 5.88. The SMILES string of the molecule is O=C(CCc1ccsc1)N1CCC2(CC1)OCCC[C@H]2O. The Balaban J connectivity index is 1.49. The first-order valence-corrected chi connectivity index (χ1v) is 8.75. The smallest absolute Gasteiger partial charge is 0.222 e. The molecule has 2 aliphatic heterocycles. The lowest BCUT2D eigenvalue weighted by atomic mass is 9.82. The van der Waals surface area contributed by atoms with E-state index in [1.807, 2.05) is 10.3 Å². The van der Waals surface area contributed by atoms with E-state index >= 15 is 0 Å². The number of aliphatic hydroxyl groups is 1. The van der Waals surface area contributed by atoms with E-state index in [4.69, 9.17) is 4.74 Å². The quantitative estimate of drug-likeness (QED) is 0.931. The third-order valence-electron chi connectivity index (χ3n) is 4.79. The summed E-state index contributed by atoms with van der Waals surface area (Å²) in [6, 6.07) is 2.08. The Hall–Kier alpha value is -0.910. The molecule has 5 heteroatoms. The van der Waals surface area contributed by atoms with Gasteiger partial charge in [0.15, 0.2) is 0 Å². The first-order valence-electron chi connectivity index (χ1n) is 7.80. The number of amides is 1. The lowest BCUT2D eigenvalue weighted by Crippen LogP contribution is -2.56. The van der Waals surface area contributed by atoms with Crippen molar-refractivity contribution in [2.75, 3.05) is 19.7 Å². The summed E-state index contributed by atoms with van der Waals surface area (Å²) in [5, 5.41) is 14.4. The lowest BCUT2D eigenvalue weighted by molar-refractivity contribution is -0.179. The minimum absolute atomic E-state index is 0.223. The number of likely N-dealkylation sites (tertiary alicyclic amines) is 1. The maximum atomic E-state index is 12.3. The third-order valence-corrected chi connectivity index (χ3v) is 5.52. The highest BCUT2D eigenvalue weighted by molar-refractivity contribution is 7.07. The maximum absolute atomic E-state index is 12.3. The Morgan fingerprint density at radius 2 is 2.29 bits per heavy atom. The highest BCUT2D eigenvalue weighted by atomic mass is 32.1. The molecule has 1 amide bonds. The fraction of sp³-hybridized carbons (Fsp3) is 0.688. The summed E-state index contributed by atoms with van der Waals surface area (Å²) in [5.74, 6) is 0.223. The Bertz CT molecular complexity index is 466. The van der Waals surface area contributed by atoms with Gasteiger partial charge >= 0.3 is 0 Å². The van der Waals surface area contributed by atoms with Crippen molar-refractivity contribution in [3.63, 3.8) is 0 Å². The largest absolute Gasteiger partial charge is 0.390 e. The summed E-state index contributed by atoms with van der Waals surface area (Å²) in [4.78, 5) is 14.2. The van der Waals surface area contributed by atoms with E-state index in [1.54, 1.807) is 11.3 Å². The molecular formula is C16H23NO3S. The van der Waals surface area contributed by atoms with Crippen LogP contribution >= 0.6 is 11.3 Å². The standard InChI is InChI=1S/C16H23NO3S/c18-14-2-1-10-20-16(14)6-8-17(9-7-16)15(19)4-3-13-5-11-21-12-13/h5,11-12,14,18H,1-4,6-10H2/t14-/m1/s1. The van der Waals surface area contributed by atoms with Gasteiger partial charge in [-0.25, -0.2) is 0 Å². The molecule has 0 radical (unpaired) electrons. The fourth-order valence-electron chi connectivity index (χ4n) is 3.37. The van der Waals surface area contributed by atoms with Crippen molar-refractivity contribution in [1.29, 1.82) is 0 Å². The van der Waals surface area contributed by atoms with Gasteiger partial charge in [0.2, 0.25) is 5.91 Å². The van der Waals surface area contributed by atoms with E-state index < -0.39 is 0 Å². The molecule has 0 saturated carbocycles. The number of hydrogen-bond acceptors (Lipinski definition) is 4. The summed E-state index contributed by atoms with van der Waals surface area (Å²) in [7, 11) is 0. The zero-order chi connectivity index (χ0) is 14.7. The molecule has 21 heavy (non-hydrogen) atoms. The Labute approximate surface area is 129 Å². The van der Waals surface area contributed by atoms with E-state index in [2.05, 4.69) is 11.4 Å². The van der Waals surface area contributed by atoms with Gasteiger partial charge in [-0.15, -0.1) is 0 Å². The molecule has 2 saturated heterocycles. The molecule has 1 spiro atoms. The average molecular weight is 309 g/mol. The lowest BCUT2D eigenvalue weighted by Gasteiger charge is -2.46. The second-order valence-corrected chi connectivity index (χ2v) is 6.86. The minimum Gasteiger partial charge on any atom is -0.390 e. The van der Waals surface area contributed by atoms with Crippen LogP contribution in [0.25, 0.3) is 0 Å². The van der Waals surface area contributed by atoms with Gasteiger partial charge in [-0.1, -0.05) is 0 Å². The van der Waals surface area contributed by atoms with Crippen LogP contribution in [-0.2, 0) is 16.0 Å². The Morgan fingerprint density at radius 1 is 1.48 bits per heavy atom. The first-order chi connectivity index (χ1) is 10.2. The van der Waals surface area contributed by atoms with Crippen molar-refractivity contribution >= 4 is 17.2 Å². The molecule has 0 aliphatic carbocycles. The Morgan fingerprint density at radius 3 is 2.95 bits per heavy atom. The van der Waals surface area contributed by atoms with Crippen LogP contribution in [0, 0.1) is 0 Å². The number of piperidine rings is 1. The average Bonchev–Trinajstić information content (AvgIpc) is 3.02. The van der Waals surface area contributed by atoms with Gasteiger partial charge in [0, 0.05) is 26.1 Å². The molecule has 1 aromatic rings. The zero-order valence-corrected chi connectivity index (χ0v) is 13.1. The van der Waals surface area contributed by atoms with Gasteiger partial charge in [0.1, 0.15) is 0 Å². The van der Waals surface area contributed by atoms with Crippen LogP contribution in [-0.4, -0.2) is 47.3 Å². The summed E-state index contributed by atoms with van der Waals surface area (Å²) in [6.07, 6.45) is 4.32. The normalized spacial score (nSPS) is 25.2. The number of carbonyl (C=O) groups excluding carboxylic acids is 1. The van der Waals surface area contributed by atoms with Gasteiger partial charge in [-0.3, -0.25) is 4.79 Å². The number of ether oxygens (including phenoxy) is 1. The van der Waals surface area contributed by atoms with Gasteiger partial charge in [0.05, 0.1) is 11.7 Å². The predicted molar refractivity (Wildman–Crippen MR) is 82.4 cm³/mol. The zero-order valence-electron chi connectivity index (χ0n) is 12.3. The molecule has 0 unspecified atom stereocenters. The van der Waals surface area contributed by atoms with Crippen LogP contribution in [0.15, 0.2) is 16.8 Å². The molecule has 0 bridgehead atoms. The van der Waals surface area contributed by atoms with E-state index in [-0.39, 0.29) is 17.6 Å².